The van der Waals surface area contributed by atoms with Crippen LogP contribution >= 0.6 is 0 Å². The number of nitrogens with zero attached hydrogens (tertiary/aromatic N) is 6. The van der Waals surface area contributed by atoms with Crippen molar-refractivity contribution < 1.29 is 36.9 Å². The summed E-state index contributed by atoms with van der Waals surface area (Å²) in [6.07, 6.45) is 2.91. The largest absolute Gasteiger partial charge is 2.00 e. The summed E-state index contributed by atoms with van der Waals surface area (Å²) in [6, 6.07) is 17.8. The molecule has 198 valence electrons. The van der Waals surface area contributed by atoms with Crippen LogP contribution in [0, 0.1) is 0 Å². The number of H-pyrrole nitrogens is 2. The number of hydrogen-bond donors (Lipinski definition) is 2. The van der Waals surface area contributed by atoms with Crippen molar-refractivity contribution in [3.63, 3.8) is 0 Å². The first-order valence-corrected chi connectivity index (χ1v) is 11.9. The van der Waals surface area contributed by atoms with Crippen LogP contribution in [0.15, 0.2) is 73.3 Å². The Morgan fingerprint density at radius 3 is 1.37 bits per heavy atom. The molecule has 0 fully saturated rings. The van der Waals surface area contributed by atoms with Gasteiger partial charge < -0.3 is 29.8 Å². The normalized spacial score (nSPS) is 11.1. The minimum Gasteiger partial charge on any atom is -0.543 e. The van der Waals surface area contributed by atoms with E-state index in [-0.39, 0.29) is 28.5 Å². The third kappa shape index (κ3) is 4.44. The van der Waals surface area contributed by atoms with Crippen LogP contribution in [-0.4, -0.2) is 51.8 Å². The first-order valence-electron chi connectivity index (χ1n) is 11.9. The molecule has 0 aliphatic heterocycles. The first-order chi connectivity index (χ1) is 19.4. The Hall–Kier alpha value is -5.52. The summed E-state index contributed by atoms with van der Waals surface area (Å²) in [5.41, 5.74) is 5.16. The fourth-order valence-corrected chi connectivity index (χ4v) is 4.62. The van der Waals surface area contributed by atoms with Gasteiger partial charge in [-0.3, -0.25) is 0 Å². The van der Waals surface area contributed by atoms with Crippen LogP contribution in [0.25, 0.3) is 65.9 Å². The molecule has 0 aliphatic rings. The van der Waals surface area contributed by atoms with Crippen LogP contribution in [-0.2, 0) is 17.1 Å². The van der Waals surface area contributed by atoms with E-state index in [9.17, 15) is 19.8 Å². The summed E-state index contributed by atoms with van der Waals surface area (Å²) in [4.78, 5) is 52.9. The zero-order valence-corrected chi connectivity index (χ0v) is 21.7. The molecule has 0 bridgehead atoms. The second-order valence-electron chi connectivity index (χ2n) is 8.93. The Morgan fingerprint density at radius 1 is 0.561 bits per heavy atom. The second-order valence-corrected chi connectivity index (χ2v) is 8.93. The molecule has 0 atom stereocenters. The van der Waals surface area contributed by atoms with Crippen LogP contribution in [0.1, 0.15) is 21.0 Å². The van der Waals surface area contributed by atoms with Crippen molar-refractivity contribution in [3.05, 3.63) is 84.7 Å². The van der Waals surface area contributed by atoms with E-state index >= 15 is 0 Å². The van der Waals surface area contributed by atoms with Gasteiger partial charge in [0.1, 0.15) is 23.7 Å². The number of pyridine rings is 4. The van der Waals surface area contributed by atoms with E-state index in [1.54, 1.807) is 12.1 Å². The van der Waals surface area contributed by atoms with E-state index in [2.05, 4.69) is 39.9 Å². The van der Waals surface area contributed by atoms with Gasteiger partial charge in [0.15, 0.2) is 11.3 Å². The topological polar surface area (TPSA) is 189 Å². The number of aromatic nitrogens is 8. The van der Waals surface area contributed by atoms with Gasteiger partial charge in [0.25, 0.3) is 0 Å². The maximum Gasteiger partial charge on any atom is 2.00 e. The summed E-state index contributed by atoms with van der Waals surface area (Å²) in [5, 5.41) is 25.4. The molecular formula is C28H14FeN8O4. The Labute approximate surface area is 239 Å². The molecule has 8 aromatic rings. The van der Waals surface area contributed by atoms with E-state index in [0.717, 1.165) is 21.5 Å². The summed E-state index contributed by atoms with van der Waals surface area (Å²) >= 11 is 0. The van der Waals surface area contributed by atoms with Crippen LogP contribution in [0.3, 0.4) is 0 Å². The van der Waals surface area contributed by atoms with Crippen LogP contribution in [0.5, 0.6) is 0 Å². The van der Waals surface area contributed by atoms with Crippen molar-refractivity contribution in [2.75, 3.05) is 0 Å². The number of carboxylic acid groups (broad SMARTS) is 2. The maximum absolute atomic E-state index is 11.0. The van der Waals surface area contributed by atoms with Crippen molar-refractivity contribution >= 4 is 77.9 Å². The number of nitrogens with one attached hydrogen (secondary N) is 2. The number of hydrogen-bond acceptors (Lipinski definition) is 10. The Morgan fingerprint density at radius 2 is 0.951 bits per heavy atom. The monoisotopic (exact) mass is 582 g/mol. The molecule has 0 saturated heterocycles. The average molecular weight is 582 g/mol. The number of carbonyl (C=O) groups excluding carboxylic acids is 2. The predicted molar refractivity (Wildman–Crippen MR) is 142 cm³/mol. The standard InChI is InChI=1S/2C14H8N4O2.Fe/c2*19-14(20)9-4-3-7-1-2-8-5-10-13(16-6-15-10)18-12(8)11(7)17-9;/h2*1-6,17H,(H,19,20);/q;;+2/p-2. The fraction of sp³-hybridized carbons (Fsp3) is 0. The van der Waals surface area contributed by atoms with Crippen molar-refractivity contribution in [1.82, 2.24) is 39.9 Å². The van der Waals surface area contributed by atoms with Gasteiger partial charge in [0.05, 0.1) is 45.4 Å². The molecule has 41 heavy (non-hydrogen) atoms. The molecule has 2 aromatic carbocycles. The van der Waals surface area contributed by atoms with Gasteiger partial charge in [-0.05, 0) is 24.3 Å². The minimum absolute atomic E-state index is 0. The third-order valence-electron chi connectivity index (χ3n) is 6.53. The summed E-state index contributed by atoms with van der Waals surface area (Å²) in [6.45, 7) is 0. The molecule has 0 radical (unpaired) electrons. The number of rotatable bonds is 2. The van der Waals surface area contributed by atoms with E-state index in [1.165, 1.54) is 24.8 Å². The zero-order chi connectivity index (χ0) is 27.4. The number of carboxylic acids is 2. The number of fused-ring (bicyclic) bond motifs is 8. The second kappa shape index (κ2) is 9.90. The molecule has 0 unspecified atom stereocenters. The Kier molecular flexibility index (Phi) is 6.22. The van der Waals surface area contributed by atoms with E-state index < -0.39 is 11.9 Å². The van der Waals surface area contributed by atoms with Crippen molar-refractivity contribution in [1.29, 1.82) is 0 Å². The number of imidazole rings is 2. The van der Waals surface area contributed by atoms with Crippen molar-refractivity contribution in [3.8, 4) is 0 Å². The average Bonchev–Trinajstić information content (AvgIpc) is 3.63. The minimum atomic E-state index is -1.25. The van der Waals surface area contributed by atoms with Gasteiger partial charge in [0.2, 0.25) is 0 Å². The quantitative estimate of drug-likeness (QED) is 0.225. The molecular weight excluding hydrogens is 568 g/mol. The molecule has 8 rings (SSSR count). The van der Waals surface area contributed by atoms with Gasteiger partial charge in [-0.25, -0.2) is 29.9 Å². The van der Waals surface area contributed by atoms with E-state index in [1.807, 2.05) is 36.4 Å². The maximum atomic E-state index is 11.0. The molecule has 13 heteroatoms. The van der Waals surface area contributed by atoms with Gasteiger partial charge >= 0.3 is 17.1 Å². The third-order valence-corrected chi connectivity index (χ3v) is 6.53. The fourth-order valence-electron chi connectivity index (χ4n) is 4.62. The number of aromatic carboxylic acids is 2. The molecule has 2 N–H and O–H groups in total. The molecule has 6 heterocycles. The Balaban J connectivity index is 0.000000144. The first kappa shape index (κ1) is 25.7. The molecule has 6 aromatic heterocycles. The molecule has 0 spiro atoms. The number of benzene rings is 2. The van der Waals surface area contributed by atoms with E-state index in [4.69, 9.17) is 0 Å². The smallest absolute Gasteiger partial charge is 0.543 e. The number of aromatic amines is 2. The van der Waals surface area contributed by atoms with E-state index in [0.29, 0.717) is 44.4 Å². The van der Waals surface area contributed by atoms with Crippen LogP contribution in [0.4, 0.5) is 0 Å². The Bertz CT molecular complexity index is 2150. The van der Waals surface area contributed by atoms with Gasteiger partial charge in [-0.2, -0.15) is 0 Å². The van der Waals surface area contributed by atoms with Gasteiger partial charge in [-0.15, -0.1) is 0 Å². The summed E-state index contributed by atoms with van der Waals surface area (Å²) < 4.78 is 0. The van der Waals surface area contributed by atoms with Crippen molar-refractivity contribution in [2.45, 2.75) is 0 Å². The van der Waals surface area contributed by atoms with Crippen LogP contribution < -0.4 is 10.2 Å². The zero-order valence-electron chi connectivity index (χ0n) is 20.6. The number of carbonyl (C=O) groups is 2. The molecule has 12 nitrogen and oxygen atoms in total. The summed E-state index contributed by atoms with van der Waals surface area (Å²) in [7, 11) is 0. The van der Waals surface area contributed by atoms with Crippen LogP contribution in [0.2, 0.25) is 0 Å². The van der Waals surface area contributed by atoms with Crippen molar-refractivity contribution in [2.24, 2.45) is 0 Å². The van der Waals surface area contributed by atoms with Gasteiger partial charge in [0, 0.05) is 21.5 Å². The van der Waals surface area contributed by atoms with Gasteiger partial charge in [-0.1, -0.05) is 36.4 Å². The predicted octanol–water partition coefficient (Wildman–Crippen LogP) is 2.04. The molecule has 0 amide bonds. The summed E-state index contributed by atoms with van der Waals surface area (Å²) in [5.74, 6) is -2.50. The SMILES string of the molecule is O=C([O-])c1ccc2ccc3cc4ncnc4nc3c2[nH]1.O=C([O-])c1ccc2ccc3cc4ncnc4nc3c2[nH]1.[Fe+2]. The molecule has 0 aliphatic carbocycles. The molecule has 0 saturated carbocycles.